The van der Waals surface area contributed by atoms with E-state index in [1.54, 1.807) is 0 Å². The summed E-state index contributed by atoms with van der Waals surface area (Å²) in [5.74, 6) is -0.676. The normalized spacial score (nSPS) is 17.9. The quantitative estimate of drug-likeness (QED) is 0.537. The van der Waals surface area contributed by atoms with Crippen LogP contribution in [0.2, 0.25) is 0 Å². The van der Waals surface area contributed by atoms with Crippen LogP contribution in [-0.4, -0.2) is 36.0 Å². The maximum atomic E-state index is 13.0. The van der Waals surface area contributed by atoms with Crippen LogP contribution in [0.25, 0.3) is 0 Å². The molecule has 2 amide bonds. The zero-order chi connectivity index (χ0) is 21.1. The lowest BCUT2D eigenvalue weighted by molar-refractivity contribution is -0.384. The van der Waals surface area contributed by atoms with Gasteiger partial charge in [0.25, 0.3) is 17.5 Å². The minimum absolute atomic E-state index is 0.0336. The molecule has 2 aliphatic rings. The predicted molar refractivity (Wildman–Crippen MR) is 113 cm³/mol. The van der Waals surface area contributed by atoms with E-state index in [0.717, 1.165) is 55.6 Å². The molecule has 9 heteroatoms. The molecule has 1 aromatic carbocycles. The van der Waals surface area contributed by atoms with Crippen molar-refractivity contribution in [3.05, 3.63) is 55.9 Å². The first-order valence-corrected chi connectivity index (χ1v) is 10.9. The Balaban J connectivity index is 1.57. The highest BCUT2D eigenvalue weighted by Crippen LogP contribution is 2.38. The van der Waals surface area contributed by atoms with Crippen molar-refractivity contribution in [3.63, 3.8) is 0 Å². The highest BCUT2D eigenvalue weighted by atomic mass is 32.1. The number of nitro groups is 1. The Morgan fingerprint density at radius 3 is 2.80 bits per heavy atom. The van der Waals surface area contributed by atoms with E-state index in [-0.39, 0.29) is 23.3 Å². The lowest BCUT2D eigenvalue weighted by Crippen LogP contribution is -2.32. The van der Waals surface area contributed by atoms with Gasteiger partial charge in [-0.15, -0.1) is 11.3 Å². The van der Waals surface area contributed by atoms with E-state index in [9.17, 15) is 19.7 Å². The molecular formula is C21H23N3O5S. The van der Waals surface area contributed by atoms with E-state index in [1.165, 1.54) is 35.6 Å². The molecule has 1 fully saturated rings. The van der Waals surface area contributed by atoms with Gasteiger partial charge in [0, 0.05) is 35.7 Å². The second-order valence-corrected chi connectivity index (χ2v) is 8.63. The fourth-order valence-electron chi connectivity index (χ4n) is 3.93. The average Bonchev–Trinajstić information content (AvgIpc) is 3.39. The lowest BCUT2D eigenvalue weighted by atomic mass is 9.95. The summed E-state index contributed by atoms with van der Waals surface area (Å²) < 4.78 is 5.58. The highest BCUT2D eigenvalue weighted by molar-refractivity contribution is 7.17. The van der Waals surface area contributed by atoms with E-state index >= 15 is 0 Å². The third-order valence-corrected chi connectivity index (χ3v) is 6.67. The molecule has 0 spiro atoms. The summed E-state index contributed by atoms with van der Waals surface area (Å²) >= 11 is 1.42. The van der Waals surface area contributed by atoms with Crippen LogP contribution in [0.4, 0.5) is 10.7 Å². The number of nitrogens with one attached hydrogen (secondary N) is 2. The van der Waals surface area contributed by atoms with Crippen LogP contribution in [0.3, 0.4) is 0 Å². The Morgan fingerprint density at radius 2 is 2.03 bits per heavy atom. The number of thiophene rings is 1. The van der Waals surface area contributed by atoms with Crippen molar-refractivity contribution in [3.8, 4) is 0 Å². The fraction of sp³-hybridized carbons (Fsp3) is 0.429. The van der Waals surface area contributed by atoms with Crippen molar-refractivity contribution in [2.75, 3.05) is 18.5 Å². The van der Waals surface area contributed by atoms with Crippen LogP contribution in [0.15, 0.2) is 24.3 Å². The molecule has 1 unspecified atom stereocenters. The summed E-state index contributed by atoms with van der Waals surface area (Å²) in [5.41, 5.74) is 1.56. The molecule has 1 aromatic heterocycles. The number of non-ortho nitro benzene ring substituents is 1. The molecule has 2 N–H and O–H groups in total. The monoisotopic (exact) mass is 429 g/mol. The van der Waals surface area contributed by atoms with Crippen LogP contribution in [0.5, 0.6) is 0 Å². The summed E-state index contributed by atoms with van der Waals surface area (Å²) in [7, 11) is 0. The topological polar surface area (TPSA) is 111 Å². The SMILES string of the molecule is O=C(Nc1sc2c(c1C(=O)NCC1CCCO1)CCCC2)c1cccc([N+](=O)[O-])c1. The summed E-state index contributed by atoms with van der Waals surface area (Å²) in [6.07, 6.45) is 5.72. The summed E-state index contributed by atoms with van der Waals surface area (Å²) in [5, 5.41) is 17.3. The number of benzene rings is 1. The Morgan fingerprint density at radius 1 is 1.20 bits per heavy atom. The van der Waals surface area contributed by atoms with Crippen molar-refractivity contribution >= 4 is 33.8 Å². The van der Waals surface area contributed by atoms with Crippen molar-refractivity contribution in [1.29, 1.82) is 0 Å². The van der Waals surface area contributed by atoms with Gasteiger partial charge in [-0.1, -0.05) is 6.07 Å². The second-order valence-electron chi connectivity index (χ2n) is 7.52. The molecule has 1 saturated heterocycles. The Hall–Kier alpha value is -2.78. The summed E-state index contributed by atoms with van der Waals surface area (Å²) in [6, 6.07) is 5.57. The molecule has 1 aliphatic heterocycles. The number of anilines is 1. The van der Waals surface area contributed by atoms with Crippen molar-refractivity contribution in [1.82, 2.24) is 5.32 Å². The minimum atomic E-state index is -0.537. The van der Waals surface area contributed by atoms with E-state index in [1.807, 2.05) is 0 Å². The Bertz CT molecular complexity index is 981. The highest BCUT2D eigenvalue weighted by Gasteiger charge is 2.27. The molecule has 4 rings (SSSR count). The number of carbonyl (C=O) groups excluding carboxylic acids is 2. The molecule has 30 heavy (non-hydrogen) atoms. The number of hydrogen-bond donors (Lipinski definition) is 2. The Kier molecular flexibility index (Phi) is 6.10. The number of amides is 2. The molecule has 8 nitrogen and oxygen atoms in total. The van der Waals surface area contributed by atoms with E-state index in [2.05, 4.69) is 10.6 Å². The molecule has 0 bridgehead atoms. The van der Waals surface area contributed by atoms with Gasteiger partial charge in [0.15, 0.2) is 0 Å². The molecule has 1 aliphatic carbocycles. The molecule has 2 heterocycles. The number of fused-ring (bicyclic) bond motifs is 1. The third-order valence-electron chi connectivity index (χ3n) is 5.46. The first-order valence-electron chi connectivity index (χ1n) is 10.1. The zero-order valence-electron chi connectivity index (χ0n) is 16.4. The van der Waals surface area contributed by atoms with Crippen molar-refractivity contribution < 1.29 is 19.2 Å². The minimum Gasteiger partial charge on any atom is -0.376 e. The molecule has 2 aromatic rings. The Labute approximate surface area is 177 Å². The molecule has 0 saturated carbocycles. The van der Waals surface area contributed by atoms with Gasteiger partial charge in [0.2, 0.25) is 0 Å². The number of nitrogens with zero attached hydrogens (tertiary/aromatic N) is 1. The smallest absolute Gasteiger partial charge is 0.270 e. The number of carbonyl (C=O) groups is 2. The largest absolute Gasteiger partial charge is 0.376 e. The first kappa shape index (κ1) is 20.5. The predicted octanol–water partition coefficient (Wildman–Crippen LogP) is 3.70. The maximum absolute atomic E-state index is 13.0. The van der Waals surface area contributed by atoms with Crippen LogP contribution < -0.4 is 10.6 Å². The lowest BCUT2D eigenvalue weighted by Gasteiger charge is -2.15. The average molecular weight is 429 g/mol. The van der Waals surface area contributed by atoms with Crippen molar-refractivity contribution in [2.24, 2.45) is 0 Å². The van der Waals surface area contributed by atoms with Gasteiger partial charge in [0.05, 0.1) is 16.6 Å². The zero-order valence-corrected chi connectivity index (χ0v) is 17.3. The summed E-state index contributed by atoms with van der Waals surface area (Å²) in [6.45, 7) is 1.17. The number of aryl methyl sites for hydroxylation is 1. The number of nitro benzene ring substituents is 1. The first-order chi connectivity index (χ1) is 14.5. The van der Waals surface area contributed by atoms with Crippen LogP contribution in [-0.2, 0) is 17.6 Å². The fourth-order valence-corrected chi connectivity index (χ4v) is 5.21. The van der Waals surface area contributed by atoms with Crippen LogP contribution in [0.1, 0.15) is 56.8 Å². The molecule has 1 atom stereocenters. The maximum Gasteiger partial charge on any atom is 0.270 e. The van der Waals surface area contributed by atoms with Gasteiger partial charge < -0.3 is 15.4 Å². The molecular weight excluding hydrogens is 406 g/mol. The number of rotatable bonds is 6. The molecule has 0 radical (unpaired) electrons. The van der Waals surface area contributed by atoms with Gasteiger partial charge in [-0.3, -0.25) is 19.7 Å². The van der Waals surface area contributed by atoms with Crippen molar-refractivity contribution in [2.45, 2.75) is 44.6 Å². The van der Waals surface area contributed by atoms with Gasteiger partial charge in [-0.2, -0.15) is 0 Å². The van der Waals surface area contributed by atoms with Gasteiger partial charge in [0.1, 0.15) is 5.00 Å². The number of hydrogen-bond acceptors (Lipinski definition) is 6. The van der Waals surface area contributed by atoms with Crippen LogP contribution >= 0.6 is 11.3 Å². The number of ether oxygens (including phenoxy) is 1. The van der Waals surface area contributed by atoms with E-state index in [4.69, 9.17) is 4.74 Å². The van der Waals surface area contributed by atoms with Gasteiger partial charge >= 0.3 is 0 Å². The third kappa shape index (κ3) is 4.36. The van der Waals surface area contributed by atoms with Gasteiger partial charge in [-0.05, 0) is 50.2 Å². The van der Waals surface area contributed by atoms with E-state index in [0.29, 0.717) is 17.1 Å². The van der Waals surface area contributed by atoms with Gasteiger partial charge in [-0.25, -0.2) is 0 Å². The second kappa shape index (κ2) is 8.93. The summed E-state index contributed by atoms with van der Waals surface area (Å²) in [4.78, 5) is 37.4. The van der Waals surface area contributed by atoms with Crippen LogP contribution in [0, 0.1) is 10.1 Å². The van der Waals surface area contributed by atoms with E-state index < -0.39 is 10.8 Å². The molecule has 158 valence electrons. The standard InChI is InChI=1S/C21H23N3O5S/c25-19(13-5-3-6-14(11-13)24(27)28)23-21-18(16-8-1-2-9-17(16)30-21)20(26)22-12-15-7-4-10-29-15/h3,5-6,11,15H,1-2,4,7-10,12H2,(H,22,26)(H,23,25).